The van der Waals surface area contributed by atoms with Crippen molar-refractivity contribution in [2.75, 3.05) is 27.2 Å². The van der Waals surface area contributed by atoms with Crippen LogP contribution in [0.1, 0.15) is 25.3 Å². The summed E-state index contributed by atoms with van der Waals surface area (Å²) in [4.78, 5) is 6.96. The van der Waals surface area contributed by atoms with E-state index in [1.807, 2.05) is 20.0 Å². The zero-order valence-corrected chi connectivity index (χ0v) is 18.3. The maximum atomic E-state index is 11.7. The van der Waals surface area contributed by atoms with E-state index in [9.17, 15) is 8.42 Å². The summed E-state index contributed by atoms with van der Waals surface area (Å²) in [5, 5.41) is 3.27. The van der Waals surface area contributed by atoms with Crippen molar-refractivity contribution in [2.24, 2.45) is 4.99 Å². The number of rotatable bonds is 9. The predicted octanol–water partition coefficient (Wildman–Crippen LogP) is 2.58. The lowest BCUT2D eigenvalue weighted by Crippen LogP contribution is -2.39. The molecule has 8 heteroatoms. The number of benzene rings is 1. The molecule has 1 aromatic rings. The molecule has 0 spiro atoms. The van der Waals surface area contributed by atoms with Gasteiger partial charge in [-0.1, -0.05) is 18.2 Å². The highest BCUT2D eigenvalue weighted by Gasteiger charge is 2.10. The molecule has 0 aliphatic heterocycles. The van der Waals surface area contributed by atoms with Crippen LogP contribution in [0.5, 0.6) is 0 Å². The van der Waals surface area contributed by atoms with Gasteiger partial charge in [0.25, 0.3) is 0 Å². The number of sulfonamides is 1. The highest BCUT2D eigenvalue weighted by Crippen LogP contribution is 2.11. The molecule has 0 unspecified atom stereocenters. The van der Waals surface area contributed by atoms with Gasteiger partial charge in [-0.2, -0.15) is 0 Å². The second-order valence-electron chi connectivity index (χ2n) is 5.37. The third-order valence-electron chi connectivity index (χ3n) is 3.51. The highest BCUT2D eigenvalue weighted by atomic mass is 127. The van der Waals surface area contributed by atoms with Crippen molar-refractivity contribution < 1.29 is 8.42 Å². The average molecular weight is 480 g/mol. The second kappa shape index (κ2) is 12.3. The zero-order valence-electron chi connectivity index (χ0n) is 15.2. The standard InChI is InChI=1S/C17H28N4O2S.HI/c1-5-7-8-13-21(4)17(19-6-2)20-14-15-9-11-16(12-10-15)24(22,23)18-3;/h5,9-12,18H,1,6-8,13-14H2,2-4H3,(H,19,20);1H. The molecule has 0 fully saturated rings. The number of nitrogens with one attached hydrogen (secondary N) is 2. The van der Waals surface area contributed by atoms with Gasteiger partial charge >= 0.3 is 0 Å². The average Bonchev–Trinajstić information content (AvgIpc) is 2.59. The lowest BCUT2D eigenvalue weighted by atomic mass is 10.2. The fourth-order valence-corrected chi connectivity index (χ4v) is 2.84. The van der Waals surface area contributed by atoms with Gasteiger partial charge in [0.1, 0.15) is 0 Å². The molecule has 0 aliphatic rings. The van der Waals surface area contributed by atoms with Crippen LogP contribution in [0.4, 0.5) is 0 Å². The molecule has 0 saturated heterocycles. The molecule has 6 nitrogen and oxygen atoms in total. The van der Waals surface area contributed by atoms with Crippen LogP contribution in [0.2, 0.25) is 0 Å². The quantitative estimate of drug-likeness (QED) is 0.187. The smallest absolute Gasteiger partial charge is 0.240 e. The van der Waals surface area contributed by atoms with Crippen molar-refractivity contribution in [1.82, 2.24) is 14.9 Å². The van der Waals surface area contributed by atoms with E-state index in [1.54, 1.807) is 24.3 Å². The van der Waals surface area contributed by atoms with Gasteiger partial charge in [-0.05, 0) is 44.5 Å². The van der Waals surface area contributed by atoms with Crippen molar-refractivity contribution in [3.05, 3.63) is 42.5 Å². The Balaban J connectivity index is 0.00000576. The van der Waals surface area contributed by atoms with Gasteiger partial charge in [0.05, 0.1) is 11.4 Å². The molecule has 0 aliphatic carbocycles. The first-order chi connectivity index (χ1) is 11.4. The first kappa shape index (κ1) is 23.9. The fraction of sp³-hybridized carbons (Fsp3) is 0.471. The minimum Gasteiger partial charge on any atom is -0.357 e. The van der Waals surface area contributed by atoms with Gasteiger partial charge in [0.15, 0.2) is 5.96 Å². The third-order valence-corrected chi connectivity index (χ3v) is 4.94. The molecule has 0 bridgehead atoms. The normalized spacial score (nSPS) is 11.6. The molecule has 1 rings (SSSR count). The van der Waals surface area contributed by atoms with Crippen molar-refractivity contribution >= 4 is 40.0 Å². The summed E-state index contributed by atoms with van der Waals surface area (Å²) < 4.78 is 25.7. The summed E-state index contributed by atoms with van der Waals surface area (Å²) in [7, 11) is 0.0128. The van der Waals surface area contributed by atoms with Crippen LogP contribution in [-0.2, 0) is 16.6 Å². The number of nitrogens with zero attached hydrogens (tertiary/aromatic N) is 2. The molecule has 1 aromatic carbocycles. The summed E-state index contributed by atoms with van der Waals surface area (Å²) in [5.41, 5.74) is 0.958. The summed E-state index contributed by atoms with van der Waals surface area (Å²) in [6, 6.07) is 6.76. The molecule has 142 valence electrons. The molecular weight excluding hydrogens is 451 g/mol. The minimum absolute atomic E-state index is 0. The van der Waals surface area contributed by atoms with Crippen molar-refractivity contribution in [3.63, 3.8) is 0 Å². The second-order valence-corrected chi connectivity index (χ2v) is 7.26. The summed E-state index contributed by atoms with van der Waals surface area (Å²) in [5.74, 6) is 0.841. The number of halogens is 1. The Morgan fingerprint density at radius 1 is 1.32 bits per heavy atom. The van der Waals surface area contributed by atoms with Crippen molar-refractivity contribution in [3.8, 4) is 0 Å². The van der Waals surface area contributed by atoms with Crippen LogP contribution >= 0.6 is 24.0 Å². The molecule has 0 atom stereocenters. The lowest BCUT2D eigenvalue weighted by Gasteiger charge is -2.21. The molecule has 0 saturated carbocycles. The molecule has 25 heavy (non-hydrogen) atoms. The Hall–Kier alpha value is -1.13. The van der Waals surface area contributed by atoms with E-state index in [2.05, 4.69) is 26.5 Å². The predicted molar refractivity (Wildman–Crippen MR) is 115 cm³/mol. The number of hydrogen-bond acceptors (Lipinski definition) is 3. The van der Waals surface area contributed by atoms with E-state index in [0.717, 1.165) is 37.5 Å². The molecular formula is C17H29IN4O2S. The van der Waals surface area contributed by atoms with Gasteiger partial charge in [0.2, 0.25) is 10.0 Å². The largest absolute Gasteiger partial charge is 0.357 e. The number of hydrogen-bond donors (Lipinski definition) is 2. The zero-order chi connectivity index (χ0) is 18.0. The van der Waals surface area contributed by atoms with Gasteiger partial charge in [0, 0.05) is 20.1 Å². The van der Waals surface area contributed by atoms with Gasteiger partial charge in [-0.15, -0.1) is 30.6 Å². The van der Waals surface area contributed by atoms with Gasteiger partial charge in [-0.25, -0.2) is 18.1 Å². The number of unbranched alkanes of at least 4 members (excludes halogenated alkanes) is 1. The topological polar surface area (TPSA) is 73.8 Å². The van der Waals surface area contributed by atoms with Crippen LogP contribution in [-0.4, -0.2) is 46.5 Å². The van der Waals surface area contributed by atoms with E-state index < -0.39 is 10.0 Å². The maximum absolute atomic E-state index is 11.7. The number of guanidine groups is 1. The first-order valence-corrected chi connectivity index (χ1v) is 9.55. The van der Waals surface area contributed by atoms with Crippen LogP contribution in [0, 0.1) is 0 Å². The highest BCUT2D eigenvalue weighted by molar-refractivity contribution is 14.0. The molecule has 0 radical (unpaired) electrons. The van der Waals surface area contributed by atoms with E-state index in [4.69, 9.17) is 0 Å². The molecule has 2 N–H and O–H groups in total. The molecule has 0 amide bonds. The third kappa shape index (κ3) is 8.19. The van der Waals surface area contributed by atoms with E-state index >= 15 is 0 Å². The van der Waals surface area contributed by atoms with E-state index in [0.29, 0.717) is 6.54 Å². The van der Waals surface area contributed by atoms with Crippen molar-refractivity contribution in [1.29, 1.82) is 0 Å². The van der Waals surface area contributed by atoms with E-state index in [1.165, 1.54) is 7.05 Å². The minimum atomic E-state index is -3.40. The van der Waals surface area contributed by atoms with Crippen LogP contribution in [0.25, 0.3) is 0 Å². The molecule has 0 aromatic heterocycles. The Bertz CT molecular complexity index is 645. The summed E-state index contributed by atoms with van der Waals surface area (Å²) in [6.45, 7) is 7.96. The molecule has 0 heterocycles. The number of aliphatic imine (C=N–C) groups is 1. The van der Waals surface area contributed by atoms with Crippen LogP contribution < -0.4 is 10.0 Å². The SMILES string of the molecule is C=CCCCN(C)C(=NCc1ccc(S(=O)(=O)NC)cc1)NCC.I. The van der Waals surface area contributed by atoms with Gasteiger partial charge in [-0.3, -0.25) is 0 Å². The Labute approximate surface area is 168 Å². The summed E-state index contributed by atoms with van der Waals surface area (Å²) >= 11 is 0. The maximum Gasteiger partial charge on any atom is 0.240 e. The Morgan fingerprint density at radius 2 is 1.96 bits per heavy atom. The Morgan fingerprint density at radius 3 is 2.48 bits per heavy atom. The number of allylic oxidation sites excluding steroid dienone is 1. The van der Waals surface area contributed by atoms with Crippen molar-refractivity contribution in [2.45, 2.75) is 31.2 Å². The lowest BCUT2D eigenvalue weighted by molar-refractivity contribution is 0.470. The van der Waals surface area contributed by atoms with Crippen LogP contribution in [0.3, 0.4) is 0 Å². The van der Waals surface area contributed by atoms with Crippen LogP contribution in [0.15, 0.2) is 46.8 Å². The Kier molecular flexibility index (Phi) is 11.7. The first-order valence-electron chi connectivity index (χ1n) is 8.07. The van der Waals surface area contributed by atoms with E-state index in [-0.39, 0.29) is 28.9 Å². The summed E-state index contributed by atoms with van der Waals surface area (Å²) in [6.07, 6.45) is 3.92. The van der Waals surface area contributed by atoms with Gasteiger partial charge < -0.3 is 10.2 Å². The monoisotopic (exact) mass is 480 g/mol. The fourth-order valence-electron chi connectivity index (χ4n) is 2.11.